The van der Waals surface area contributed by atoms with Crippen molar-refractivity contribution in [2.75, 3.05) is 7.05 Å². The van der Waals surface area contributed by atoms with Crippen LogP contribution in [0.2, 0.25) is 0 Å². The van der Waals surface area contributed by atoms with E-state index in [0.29, 0.717) is 18.4 Å². The summed E-state index contributed by atoms with van der Waals surface area (Å²) in [6, 6.07) is 2.91. The van der Waals surface area contributed by atoms with Gasteiger partial charge in [-0.15, -0.1) is 11.3 Å². The molecule has 0 amide bonds. The van der Waals surface area contributed by atoms with E-state index < -0.39 is 0 Å². The molecule has 0 radical (unpaired) electrons. The van der Waals surface area contributed by atoms with E-state index in [4.69, 9.17) is 10.00 Å². The number of nitriles is 1. The second-order valence-corrected chi connectivity index (χ2v) is 8.19. The molecule has 2 heterocycles. The zero-order valence-electron chi connectivity index (χ0n) is 14.6. The van der Waals surface area contributed by atoms with Crippen LogP contribution < -0.4 is 10.1 Å². The first kappa shape index (κ1) is 16.7. The van der Waals surface area contributed by atoms with Crippen molar-refractivity contribution in [1.82, 2.24) is 15.3 Å². The lowest BCUT2D eigenvalue weighted by Crippen LogP contribution is -2.34. The monoisotopic (exact) mass is 356 g/mol. The molecular formula is C19H24N4OS. The average Bonchev–Trinajstić information content (AvgIpc) is 3.20. The summed E-state index contributed by atoms with van der Waals surface area (Å²) in [5.74, 6) is 1.22. The van der Waals surface area contributed by atoms with Gasteiger partial charge in [0.05, 0.1) is 11.5 Å². The van der Waals surface area contributed by atoms with Gasteiger partial charge in [-0.25, -0.2) is 9.97 Å². The molecule has 0 aliphatic heterocycles. The van der Waals surface area contributed by atoms with E-state index in [1.54, 1.807) is 17.7 Å². The van der Waals surface area contributed by atoms with Crippen molar-refractivity contribution >= 4 is 21.6 Å². The van der Waals surface area contributed by atoms with Crippen molar-refractivity contribution in [1.29, 1.82) is 5.26 Å². The first-order valence-electron chi connectivity index (χ1n) is 9.27. The van der Waals surface area contributed by atoms with Crippen molar-refractivity contribution in [3.8, 4) is 11.9 Å². The minimum Gasteiger partial charge on any atom is -0.474 e. The molecule has 2 aromatic rings. The van der Waals surface area contributed by atoms with Crippen molar-refractivity contribution in [2.24, 2.45) is 0 Å². The molecule has 4 rings (SSSR count). The molecule has 25 heavy (non-hydrogen) atoms. The number of nitrogens with zero attached hydrogens (tertiary/aromatic N) is 3. The van der Waals surface area contributed by atoms with Crippen molar-refractivity contribution in [2.45, 2.75) is 69.4 Å². The van der Waals surface area contributed by atoms with E-state index in [0.717, 1.165) is 61.0 Å². The predicted octanol–water partition coefficient (Wildman–Crippen LogP) is 3.93. The minimum absolute atomic E-state index is 0.247. The fraction of sp³-hybridized carbons (Fsp3) is 0.632. The first-order chi connectivity index (χ1) is 12.3. The van der Waals surface area contributed by atoms with Gasteiger partial charge in [-0.3, -0.25) is 0 Å². The molecule has 132 valence electrons. The van der Waals surface area contributed by atoms with Gasteiger partial charge in [0, 0.05) is 17.3 Å². The molecule has 1 N–H and O–H groups in total. The van der Waals surface area contributed by atoms with Crippen LogP contribution >= 0.6 is 11.3 Å². The van der Waals surface area contributed by atoms with Crippen LogP contribution in [0.25, 0.3) is 10.2 Å². The van der Waals surface area contributed by atoms with E-state index >= 15 is 0 Å². The molecule has 6 heteroatoms. The minimum atomic E-state index is 0.247. The fourth-order valence-electron chi connectivity index (χ4n) is 4.28. The highest BCUT2D eigenvalue weighted by Gasteiger charge is 2.31. The highest BCUT2D eigenvalue weighted by Crippen LogP contribution is 2.47. The van der Waals surface area contributed by atoms with Crippen LogP contribution in [0.3, 0.4) is 0 Å². The molecule has 0 unspecified atom stereocenters. The predicted molar refractivity (Wildman–Crippen MR) is 99.1 cm³/mol. The van der Waals surface area contributed by atoms with E-state index in [1.165, 1.54) is 10.4 Å². The molecule has 1 atom stereocenters. The maximum absolute atomic E-state index is 8.95. The standard InChI is InChI=1S/C19H24N4OS/c1-21-13-5-7-14(8-6-13)24-18-17-16-12(3-2-10-20)4-9-15(16)25-19(17)23-11-22-18/h11-14,21H,2-9H2,1H3/t12-,13?,14?/m0/s1. The van der Waals surface area contributed by atoms with Crippen molar-refractivity contribution < 1.29 is 4.74 Å². The SMILES string of the molecule is CNC1CCC(Oc2ncnc3sc4c(c23)[C@@H](CCC#N)CC4)CC1. The number of nitrogens with one attached hydrogen (secondary N) is 1. The summed E-state index contributed by atoms with van der Waals surface area (Å²) >= 11 is 1.78. The normalized spacial score (nSPS) is 25.7. The van der Waals surface area contributed by atoms with Gasteiger partial charge in [0.1, 0.15) is 17.3 Å². The summed E-state index contributed by atoms with van der Waals surface area (Å²) in [5.41, 5.74) is 1.37. The zero-order chi connectivity index (χ0) is 17.2. The summed E-state index contributed by atoms with van der Waals surface area (Å²) < 4.78 is 6.36. The smallest absolute Gasteiger partial charge is 0.225 e. The summed E-state index contributed by atoms with van der Waals surface area (Å²) in [6.45, 7) is 0. The molecule has 0 saturated heterocycles. The number of hydrogen-bond acceptors (Lipinski definition) is 6. The van der Waals surface area contributed by atoms with Crippen LogP contribution in [0.5, 0.6) is 5.88 Å². The molecule has 0 spiro atoms. The Hall–Kier alpha value is -1.71. The van der Waals surface area contributed by atoms with E-state index in [-0.39, 0.29) is 6.10 Å². The molecule has 0 aromatic carbocycles. The van der Waals surface area contributed by atoms with Crippen LogP contribution in [0, 0.1) is 11.3 Å². The molecule has 2 aliphatic carbocycles. The summed E-state index contributed by atoms with van der Waals surface area (Å²) in [6.07, 6.45) is 10.1. The second-order valence-electron chi connectivity index (χ2n) is 7.11. The molecule has 1 fully saturated rings. The number of aryl methyl sites for hydroxylation is 1. The van der Waals surface area contributed by atoms with Gasteiger partial charge in [0.25, 0.3) is 0 Å². The van der Waals surface area contributed by atoms with Gasteiger partial charge in [-0.05, 0) is 63.5 Å². The maximum atomic E-state index is 8.95. The van der Waals surface area contributed by atoms with E-state index in [9.17, 15) is 0 Å². The average molecular weight is 356 g/mol. The number of ether oxygens (including phenoxy) is 1. The van der Waals surface area contributed by atoms with Crippen molar-refractivity contribution in [3.05, 3.63) is 16.8 Å². The largest absolute Gasteiger partial charge is 0.474 e. The number of hydrogen-bond donors (Lipinski definition) is 1. The Balaban J connectivity index is 1.61. The van der Waals surface area contributed by atoms with E-state index in [2.05, 4.69) is 21.4 Å². The van der Waals surface area contributed by atoms with Crippen LogP contribution in [0.1, 0.15) is 61.3 Å². The lowest BCUT2D eigenvalue weighted by atomic mass is 9.93. The number of fused-ring (bicyclic) bond motifs is 3. The fourth-order valence-corrected chi connectivity index (χ4v) is 5.52. The zero-order valence-corrected chi connectivity index (χ0v) is 15.4. The Labute approximate surface area is 152 Å². The Morgan fingerprint density at radius 2 is 2.12 bits per heavy atom. The van der Waals surface area contributed by atoms with Crippen molar-refractivity contribution in [3.63, 3.8) is 0 Å². The Bertz CT molecular complexity index is 789. The number of thiophene rings is 1. The summed E-state index contributed by atoms with van der Waals surface area (Å²) in [5, 5.41) is 13.4. The van der Waals surface area contributed by atoms with Gasteiger partial charge < -0.3 is 10.1 Å². The van der Waals surface area contributed by atoms with Gasteiger partial charge in [0.2, 0.25) is 5.88 Å². The second kappa shape index (κ2) is 7.27. The topological polar surface area (TPSA) is 70.8 Å². The quantitative estimate of drug-likeness (QED) is 0.879. The van der Waals surface area contributed by atoms with Crippen LogP contribution in [-0.2, 0) is 6.42 Å². The molecule has 1 saturated carbocycles. The van der Waals surface area contributed by atoms with Gasteiger partial charge >= 0.3 is 0 Å². The molecule has 2 aromatic heterocycles. The summed E-state index contributed by atoms with van der Waals surface area (Å²) in [4.78, 5) is 11.4. The maximum Gasteiger partial charge on any atom is 0.225 e. The number of rotatable bonds is 5. The van der Waals surface area contributed by atoms with Gasteiger partial charge in [-0.1, -0.05) is 0 Å². The Morgan fingerprint density at radius 1 is 1.28 bits per heavy atom. The summed E-state index contributed by atoms with van der Waals surface area (Å²) in [7, 11) is 2.04. The number of aromatic nitrogens is 2. The molecule has 5 nitrogen and oxygen atoms in total. The highest BCUT2D eigenvalue weighted by molar-refractivity contribution is 7.19. The highest BCUT2D eigenvalue weighted by atomic mass is 32.1. The Kier molecular flexibility index (Phi) is 4.87. The molecule has 0 bridgehead atoms. The molecular weight excluding hydrogens is 332 g/mol. The third-order valence-corrected chi connectivity index (χ3v) is 6.83. The van der Waals surface area contributed by atoms with Gasteiger partial charge in [0.15, 0.2) is 0 Å². The van der Waals surface area contributed by atoms with E-state index in [1.807, 2.05) is 7.05 Å². The van der Waals surface area contributed by atoms with Crippen LogP contribution in [0.4, 0.5) is 0 Å². The van der Waals surface area contributed by atoms with Crippen LogP contribution in [-0.4, -0.2) is 29.2 Å². The van der Waals surface area contributed by atoms with Crippen LogP contribution in [0.15, 0.2) is 6.33 Å². The van der Waals surface area contributed by atoms with Gasteiger partial charge in [-0.2, -0.15) is 5.26 Å². The molecule has 2 aliphatic rings. The lowest BCUT2D eigenvalue weighted by molar-refractivity contribution is 0.137. The third-order valence-electron chi connectivity index (χ3n) is 5.66. The Morgan fingerprint density at radius 3 is 2.88 bits per heavy atom. The third kappa shape index (κ3) is 3.23. The first-order valence-corrected chi connectivity index (χ1v) is 10.1. The lowest BCUT2D eigenvalue weighted by Gasteiger charge is -2.28.